The van der Waals surface area contributed by atoms with Crippen molar-refractivity contribution in [1.29, 1.82) is 0 Å². The fourth-order valence-electron chi connectivity index (χ4n) is 4.10. The summed E-state index contributed by atoms with van der Waals surface area (Å²) in [6, 6.07) is 20.1. The minimum absolute atomic E-state index is 0.0876. The highest BCUT2D eigenvalue weighted by atomic mass is 79.9. The van der Waals surface area contributed by atoms with Crippen LogP contribution in [0.25, 0.3) is 22.3 Å². The van der Waals surface area contributed by atoms with Gasteiger partial charge in [0.15, 0.2) is 0 Å². The topological polar surface area (TPSA) is 165 Å². The molecule has 0 saturated carbocycles. The first kappa shape index (κ1) is 32.5. The number of benzene rings is 3. The minimum atomic E-state index is 0.0876. The smallest absolute Gasteiger partial charge is 0.222 e. The van der Waals surface area contributed by atoms with Crippen LogP contribution in [-0.2, 0) is 23.3 Å². The van der Waals surface area contributed by atoms with Crippen LogP contribution in [-0.4, -0.2) is 19.9 Å². The van der Waals surface area contributed by atoms with Crippen LogP contribution < -0.4 is 22.9 Å². The van der Waals surface area contributed by atoms with E-state index in [1.807, 2.05) is 30.3 Å². The Morgan fingerprint density at radius 3 is 1.58 bits per heavy atom. The summed E-state index contributed by atoms with van der Waals surface area (Å²) in [6.07, 6.45) is 0. The summed E-state index contributed by atoms with van der Waals surface area (Å²) >= 11 is 27.7. The summed E-state index contributed by atoms with van der Waals surface area (Å²) in [5.41, 5.74) is 28.3. The van der Waals surface area contributed by atoms with E-state index in [4.69, 9.17) is 74.1 Å². The number of ether oxygens (including phenoxy) is 1. The normalized spacial score (nSPS) is 10.7. The largest absolute Gasteiger partial charge is 0.383 e. The van der Waals surface area contributed by atoms with Crippen molar-refractivity contribution >= 4 is 85.9 Å². The molecule has 0 aliphatic carbocycles. The molecular weight excluding hydrogens is 698 g/mol. The van der Waals surface area contributed by atoms with Gasteiger partial charge in [0.1, 0.15) is 11.6 Å². The molecule has 0 aliphatic heterocycles. The first-order valence-corrected chi connectivity index (χ1v) is 15.1. The summed E-state index contributed by atoms with van der Waals surface area (Å²) in [4.78, 5) is 16.4. The summed E-state index contributed by atoms with van der Waals surface area (Å²) in [7, 11) is 0. The van der Waals surface area contributed by atoms with E-state index in [1.54, 1.807) is 36.4 Å². The van der Waals surface area contributed by atoms with Crippen LogP contribution in [0.15, 0.2) is 66.7 Å². The molecule has 5 aromatic rings. The number of hydrogen-bond acceptors (Lipinski definition) is 9. The van der Waals surface area contributed by atoms with Gasteiger partial charge in [0.2, 0.25) is 11.9 Å². The molecule has 0 atom stereocenters. The maximum absolute atomic E-state index is 6.31. The van der Waals surface area contributed by atoms with Crippen LogP contribution in [0.1, 0.15) is 17.0 Å². The van der Waals surface area contributed by atoms with Crippen LogP contribution in [0.4, 0.5) is 23.5 Å². The van der Waals surface area contributed by atoms with Gasteiger partial charge in [-0.2, -0.15) is 9.97 Å². The van der Waals surface area contributed by atoms with E-state index in [2.05, 4.69) is 35.9 Å². The molecule has 5 rings (SSSR count). The predicted octanol–water partition coefficient (Wildman–Crippen LogP) is 7.84. The average molecular weight is 723 g/mol. The standard InChI is InChI=1S/C18H16Cl2N4O.C11H9BrCl2N4/c19-12-6-7-13(14(20)8-12)16-15(23-18(22)24-17(16)21)10-25-9-11-4-2-1-3-5-11;12-4-8-9(10(15)18-11(16)17-8)6-2-1-5(13)3-7(6)14/h1-8H,9-10H2,(H4,21,22,23,24);1-3H,4H2,(H4,15,16,17,18). The molecular formula is C29H25BrCl4N8O. The number of alkyl halides is 1. The Morgan fingerprint density at radius 1 is 0.605 bits per heavy atom. The first-order chi connectivity index (χ1) is 20.6. The van der Waals surface area contributed by atoms with Crippen LogP contribution >= 0.6 is 62.3 Å². The number of halogens is 5. The van der Waals surface area contributed by atoms with Crippen molar-refractivity contribution in [3.05, 3.63) is 104 Å². The van der Waals surface area contributed by atoms with Gasteiger partial charge in [0.25, 0.3) is 0 Å². The van der Waals surface area contributed by atoms with Crippen LogP contribution in [0.5, 0.6) is 0 Å². The molecule has 43 heavy (non-hydrogen) atoms. The Morgan fingerprint density at radius 2 is 1.09 bits per heavy atom. The van der Waals surface area contributed by atoms with E-state index in [0.29, 0.717) is 65.9 Å². The van der Waals surface area contributed by atoms with Gasteiger partial charge < -0.3 is 27.7 Å². The zero-order valence-electron chi connectivity index (χ0n) is 22.4. The molecule has 0 bridgehead atoms. The van der Waals surface area contributed by atoms with Gasteiger partial charge in [-0.15, -0.1) is 0 Å². The summed E-state index contributed by atoms with van der Waals surface area (Å²) in [5, 5.41) is 2.53. The lowest BCUT2D eigenvalue weighted by Crippen LogP contribution is -2.08. The number of nitrogens with zero attached hydrogens (tertiary/aromatic N) is 4. The van der Waals surface area contributed by atoms with Gasteiger partial charge in [-0.25, -0.2) is 9.97 Å². The number of hydrogen-bond donors (Lipinski definition) is 4. The lowest BCUT2D eigenvalue weighted by molar-refractivity contribution is 0.105. The van der Waals surface area contributed by atoms with E-state index in [9.17, 15) is 0 Å². The van der Waals surface area contributed by atoms with Gasteiger partial charge in [-0.3, -0.25) is 0 Å². The van der Waals surface area contributed by atoms with Crippen molar-refractivity contribution in [2.75, 3.05) is 22.9 Å². The van der Waals surface area contributed by atoms with Crippen LogP contribution in [0.3, 0.4) is 0 Å². The van der Waals surface area contributed by atoms with Crippen molar-refractivity contribution in [1.82, 2.24) is 19.9 Å². The molecule has 9 nitrogen and oxygen atoms in total. The highest BCUT2D eigenvalue weighted by Crippen LogP contribution is 2.37. The molecule has 0 spiro atoms. The van der Waals surface area contributed by atoms with E-state index in [-0.39, 0.29) is 24.3 Å². The van der Waals surface area contributed by atoms with E-state index < -0.39 is 0 Å². The van der Waals surface area contributed by atoms with Gasteiger partial charge in [-0.05, 0) is 29.8 Å². The van der Waals surface area contributed by atoms with Crippen molar-refractivity contribution in [3.63, 3.8) is 0 Å². The Hall–Kier alpha value is -3.38. The maximum Gasteiger partial charge on any atom is 0.222 e. The monoisotopic (exact) mass is 720 g/mol. The first-order valence-electron chi connectivity index (χ1n) is 12.5. The van der Waals surface area contributed by atoms with Gasteiger partial charge >= 0.3 is 0 Å². The number of anilines is 4. The Kier molecular flexibility index (Phi) is 11.3. The molecule has 0 aliphatic rings. The maximum atomic E-state index is 6.31. The molecule has 0 radical (unpaired) electrons. The molecule has 3 aromatic carbocycles. The second-order valence-electron chi connectivity index (χ2n) is 8.94. The Balaban J connectivity index is 0.000000208. The Labute approximate surface area is 276 Å². The molecule has 8 N–H and O–H groups in total. The molecule has 2 aromatic heterocycles. The van der Waals surface area contributed by atoms with Crippen molar-refractivity contribution in [2.24, 2.45) is 0 Å². The summed E-state index contributed by atoms with van der Waals surface area (Å²) in [6.45, 7) is 0.665. The van der Waals surface area contributed by atoms with Gasteiger partial charge in [0.05, 0.1) is 34.6 Å². The number of rotatable bonds is 7. The fourth-order valence-corrected chi connectivity index (χ4v) is 5.52. The van der Waals surface area contributed by atoms with E-state index in [1.165, 1.54) is 0 Å². The van der Waals surface area contributed by atoms with E-state index in [0.717, 1.165) is 11.1 Å². The zero-order valence-corrected chi connectivity index (χ0v) is 27.0. The van der Waals surface area contributed by atoms with Crippen LogP contribution in [0.2, 0.25) is 20.1 Å². The highest BCUT2D eigenvalue weighted by Gasteiger charge is 2.17. The molecule has 0 fully saturated rings. The highest BCUT2D eigenvalue weighted by molar-refractivity contribution is 9.08. The average Bonchev–Trinajstić information content (AvgIpc) is 2.95. The zero-order chi connectivity index (χ0) is 31.1. The van der Waals surface area contributed by atoms with Gasteiger partial charge in [0, 0.05) is 37.6 Å². The number of nitrogens with two attached hydrogens (primary N) is 4. The fraction of sp³-hybridized carbons (Fsp3) is 0.103. The summed E-state index contributed by atoms with van der Waals surface area (Å²) < 4.78 is 5.77. The van der Waals surface area contributed by atoms with Crippen molar-refractivity contribution in [3.8, 4) is 22.3 Å². The third-order valence-electron chi connectivity index (χ3n) is 5.94. The third kappa shape index (κ3) is 8.38. The molecule has 222 valence electrons. The lowest BCUT2D eigenvalue weighted by atomic mass is 10.0. The Bertz CT molecular complexity index is 1740. The minimum Gasteiger partial charge on any atom is -0.383 e. The third-order valence-corrected chi connectivity index (χ3v) is 7.56. The summed E-state index contributed by atoms with van der Waals surface area (Å²) in [5.74, 6) is 0.761. The van der Waals surface area contributed by atoms with E-state index >= 15 is 0 Å². The second kappa shape index (κ2) is 14.9. The van der Waals surface area contributed by atoms with Crippen molar-refractivity contribution in [2.45, 2.75) is 18.5 Å². The SMILES string of the molecule is Nc1nc(N)c(-c2ccc(Cl)cc2Cl)c(CBr)n1.Nc1nc(N)c(-c2ccc(Cl)cc2Cl)c(COCc2ccccc2)n1. The quantitative estimate of drug-likeness (QED) is 0.123. The van der Waals surface area contributed by atoms with Gasteiger partial charge in [-0.1, -0.05) is 105 Å². The molecule has 2 heterocycles. The van der Waals surface area contributed by atoms with Crippen LogP contribution in [0, 0.1) is 0 Å². The second-order valence-corrected chi connectivity index (χ2v) is 11.2. The molecule has 0 unspecified atom stereocenters. The lowest BCUT2D eigenvalue weighted by Gasteiger charge is -2.14. The number of aromatic nitrogens is 4. The predicted molar refractivity (Wildman–Crippen MR) is 180 cm³/mol. The number of nitrogen functional groups attached to an aromatic ring is 4. The molecule has 0 amide bonds. The molecule has 14 heteroatoms. The molecule has 0 saturated heterocycles. The van der Waals surface area contributed by atoms with Crippen molar-refractivity contribution < 1.29 is 4.74 Å².